The predicted octanol–water partition coefficient (Wildman–Crippen LogP) is 3.90. The lowest BCUT2D eigenvalue weighted by molar-refractivity contribution is 0.102. The molecule has 110 valence electrons. The monoisotopic (exact) mass is 350 g/mol. The van der Waals surface area contributed by atoms with Gasteiger partial charge in [-0.05, 0) is 65.9 Å². The normalized spacial score (nSPS) is 10.7. The highest BCUT2D eigenvalue weighted by atomic mass is 79.9. The van der Waals surface area contributed by atoms with Crippen LogP contribution in [0, 0.1) is 5.82 Å². The van der Waals surface area contributed by atoms with Gasteiger partial charge in [-0.15, -0.1) is 0 Å². The maximum Gasteiger partial charge on any atom is 0.255 e. The second-order valence-corrected chi connectivity index (χ2v) is 5.87. The van der Waals surface area contributed by atoms with Crippen molar-refractivity contribution >= 4 is 27.5 Å². The van der Waals surface area contributed by atoms with E-state index in [-0.39, 0.29) is 16.2 Å². The minimum absolute atomic E-state index is 0.268. The van der Waals surface area contributed by atoms with Crippen molar-refractivity contribution in [3.8, 4) is 0 Å². The first-order valence-electron chi connectivity index (χ1n) is 6.46. The van der Waals surface area contributed by atoms with Gasteiger partial charge in [0.05, 0.1) is 4.47 Å². The third-order valence-corrected chi connectivity index (χ3v) is 3.50. The molecule has 2 aromatic carbocycles. The van der Waals surface area contributed by atoms with Crippen molar-refractivity contribution in [3.05, 3.63) is 63.9 Å². The summed E-state index contributed by atoms with van der Waals surface area (Å²) in [4.78, 5) is 14.2. The fourth-order valence-corrected chi connectivity index (χ4v) is 2.28. The molecule has 0 atom stereocenters. The summed E-state index contributed by atoms with van der Waals surface area (Å²) in [7, 11) is 4.00. The van der Waals surface area contributed by atoms with Crippen LogP contribution in [-0.2, 0) is 6.54 Å². The average molecular weight is 351 g/mol. The van der Waals surface area contributed by atoms with Gasteiger partial charge in [0.25, 0.3) is 5.91 Å². The van der Waals surface area contributed by atoms with E-state index in [1.807, 2.05) is 38.4 Å². The zero-order valence-corrected chi connectivity index (χ0v) is 13.4. The third kappa shape index (κ3) is 4.37. The quantitative estimate of drug-likeness (QED) is 0.906. The Balaban J connectivity index is 2.06. The number of carbonyl (C=O) groups excluding carboxylic acids is 1. The molecule has 0 aliphatic rings. The van der Waals surface area contributed by atoms with Gasteiger partial charge in [-0.3, -0.25) is 4.79 Å². The standard InChI is InChI=1S/C16H16BrFN2O/c1-20(2)10-11-3-6-13(7-4-11)19-16(21)12-5-8-15(18)14(17)9-12/h3-9H,10H2,1-2H3,(H,19,21). The summed E-state index contributed by atoms with van der Waals surface area (Å²) in [5.74, 6) is -0.657. The maximum atomic E-state index is 13.2. The number of hydrogen-bond donors (Lipinski definition) is 1. The predicted molar refractivity (Wildman–Crippen MR) is 85.9 cm³/mol. The Bertz CT molecular complexity index is 641. The molecular weight excluding hydrogens is 335 g/mol. The summed E-state index contributed by atoms with van der Waals surface area (Å²) in [5, 5.41) is 2.79. The van der Waals surface area contributed by atoms with Crippen molar-refractivity contribution in [1.82, 2.24) is 4.90 Å². The summed E-state index contributed by atoms with van der Waals surface area (Å²) in [5.41, 5.74) is 2.28. The smallest absolute Gasteiger partial charge is 0.255 e. The van der Waals surface area contributed by atoms with E-state index in [4.69, 9.17) is 0 Å². The number of halogens is 2. The molecule has 0 aromatic heterocycles. The van der Waals surface area contributed by atoms with Crippen LogP contribution in [0.3, 0.4) is 0 Å². The largest absolute Gasteiger partial charge is 0.322 e. The molecule has 1 amide bonds. The van der Waals surface area contributed by atoms with Crippen LogP contribution in [0.2, 0.25) is 0 Å². The molecule has 2 aromatic rings. The van der Waals surface area contributed by atoms with E-state index in [2.05, 4.69) is 26.1 Å². The molecule has 2 rings (SSSR count). The highest BCUT2D eigenvalue weighted by Gasteiger charge is 2.09. The Labute approximate surface area is 131 Å². The van der Waals surface area contributed by atoms with Crippen molar-refractivity contribution in [2.75, 3.05) is 19.4 Å². The lowest BCUT2D eigenvalue weighted by Crippen LogP contribution is -2.13. The van der Waals surface area contributed by atoms with Crippen molar-refractivity contribution in [2.24, 2.45) is 0 Å². The molecule has 0 bridgehead atoms. The van der Waals surface area contributed by atoms with E-state index in [0.29, 0.717) is 11.3 Å². The van der Waals surface area contributed by atoms with Crippen molar-refractivity contribution in [3.63, 3.8) is 0 Å². The fraction of sp³-hybridized carbons (Fsp3) is 0.188. The lowest BCUT2D eigenvalue weighted by atomic mass is 10.1. The van der Waals surface area contributed by atoms with E-state index in [0.717, 1.165) is 6.54 Å². The molecule has 1 N–H and O–H groups in total. The number of hydrogen-bond acceptors (Lipinski definition) is 2. The number of carbonyl (C=O) groups is 1. The highest BCUT2D eigenvalue weighted by molar-refractivity contribution is 9.10. The molecule has 0 radical (unpaired) electrons. The van der Waals surface area contributed by atoms with Crippen LogP contribution >= 0.6 is 15.9 Å². The number of nitrogens with one attached hydrogen (secondary N) is 1. The van der Waals surface area contributed by atoms with Gasteiger partial charge in [0.15, 0.2) is 0 Å². The zero-order chi connectivity index (χ0) is 15.4. The Morgan fingerprint density at radius 2 is 1.86 bits per heavy atom. The highest BCUT2D eigenvalue weighted by Crippen LogP contribution is 2.18. The Hall–Kier alpha value is -1.72. The molecule has 5 heteroatoms. The fourth-order valence-electron chi connectivity index (χ4n) is 1.90. The lowest BCUT2D eigenvalue weighted by Gasteiger charge is -2.10. The van der Waals surface area contributed by atoms with Gasteiger partial charge >= 0.3 is 0 Å². The van der Waals surface area contributed by atoms with Gasteiger partial charge in [-0.25, -0.2) is 4.39 Å². The Morgan fingerprint density at radius 3 is 2.43 bits per heavy atom. The van der Waals surface area contributed by atoms with E-state index in [1.54, 1.807) is 0 Å². The van der Waals surface area contributed by atoms with Gasteiger partial charge in [0, 0.05) is 17.8 Å². The molecule has 0 saturated heterocycles. The van der Waals surface area contributed by atoms with Crippen LogP contribution in [0.15, 0.2) is 46.9 Å². The van der Waals surface area contributed by atoms with Crippen LogP contribution in [0.5, 0.6) is 0 Å². The molecule has 0 saturated carbocycles. The first-order chi connectivity index (χ1) is 9.95. The number of rotatable bonds is 4. The maximum absolute atomic E-state index is 13.2. The molecule has 21 heavy (non-hydrogen) atoms. The summed E-state index contributed by atoms with van der Waals surface area (Å²) in [6, 6.07) is 11.8. The molecule has 0 spiro atoms. The SMILES string of the molecule is CN(C)Cc1ccc(NC(=O)c2ccc(F)c(Br)c2)cc1. The molecule has 0 aliphatic heterocycles. The van der Waals surface area contributed by atoms with Crippen LogP contribution < -0.4 is 5.32 Å². The van der Waals surface area contributed by atoms with Gasteiger partial charge in [0.2, 0.25) is 0 Å². The van der Waals surface area contributed by atoms with Gasteiger partial charge < -0.3 is 10.2 Å². The van der Waals surface area contributed by atoms with Gasteiger partial charge in [-0.2, -0.15) is 0 Å². The number of nitrogens with zero attached hydrogens (tertiary/aromatic N) is 1. The number of anilines is 1. The Kier molecular flexibility index (Phi) is 5.09. The minimum Gasteiger partial charge on any atom is -0.322 e. The first-order valence-corrected chi connectivity index (χ1v) is 7.25. The van der Waals surface area contributed by atoms with Crippen LogP contribution in [0.25, 0.3) is 0 Å². The Morgan fingerprint density at radius 1 is 1.19 bits per heavy atom. The van der Waals surface area contributed by atoms with Crippen LogP contribution in [0.4, 0.5) is 10.1 Å². The summed E-state index contributed by atoms with van der Waals surface area (Å²) >= 11 is 3.07. The molecule has 0 unspecified atom stereocenters. The van der Waals surface area contributed by atoms with Crippen LogP contribution in [0.1, 0.15) is 15.9 Å². The van der Waals surface area contributed by atoms with Crippen molar-refractivity contribution in [1.29, 1.82) is 0 Å². The molecular formula is C16H16BrFN2O. The first kappa shape index (κ1) is 15.7. The van der Waals surface area contributed by atoms with Crippen molar-refractivity contribution in [2.45, 2.75) is 6.54 Å². The second kappa shape index (κ2) is 6.83. The molecule has 3 nitrogen and oxygen atoms in total. The minimum atomic E-state index is -0.389. The average Bonchev–Trinajstić information content (AvgIpc) is 2.43. The second-order valence-electron chi connectivity index (χ2n) is 5.02. The topological polar surface area (TPSA) is 32.3 Å². The summed E-state index contributed by atoms with van der Waals surface area (Å²) in [6.45, 7) is 0.846. The van der Waals surface area contributed by atoms with Crippen molar-refractivity contribution < 1.29 is 9.18 Å². The van der Waals surface area contributed by atoms with Gasteiger partial charge in [-0.1, -0.05) is 12.1 Å². The third-order valence-electron chi connectivity index (χ3n) is 2.89. The van der Waals surface area contributed by atoms with E-state index in [1.165, 1.54) is 23.8 Å². The molecule has 0 heterocycles. The molecule has 0 fully saturated rings. The summed E-state index contributed by atoms with van der Waals surface area (Å²) < 4.78 is 13.4. The van der Waals surface area contributed by atoms with Crippen LogP contribution in [-0.4, -0.2) is 24.9 Å². The van der Waals surface area contributed by atoms with E-state index in [9.17, 15) is 9.18 Å². The summed E-state index contributed by atoms with van der Waals surface area (Å²) in [6.07, 6.45) is 0. The van der Waals surface area contributed by atoms with E-state index < -0.39 is 0 Å². The number of amides is 1. The molecule has 0 aliphatic carbocycles. The number of benzene rings is 2. The van der Waals surface area contributed by atoms with Gasteiger partial charge in [0.1, 0.15) is 5.82 Å². The van der Waals surface area contributed by atoms with E-state index >= 15 is 0 Å². The zero-order valence-electron chi connectivity index (χ0n) is 11.9.